The summed E-state index contributed by atoms with van der Waals surface area (Å²) in [5.74, 6) is -1.30. The maximum Gasteiger partial charge on any atom is 0.331 e. The molecule has 3 heteroatoms. The van der Waals surface area contributed by atoms with Gasteiger partial charge in [-0.25, -0.2) is 4.79 Å². The van der Waals surface area contributed by atoms with Crippen LogP contribution in [0.4, 0.5) is 0 Å². The van der Waals surface area contributed by atoms with Crippen molar-refractivity contribution in [1.29, 1.82) is 0 Å². The lowest BCUT2D eigenvalue weighted by molar-refractivity contribution is -0.133. The fourth-order valence-electron chi connectivity index (χ4n) is 1.74. The van der Waals surface area contributed by atoms with E-state index in [9.17, 15) is 9.90 Å². The lowest BCUT2D eigenvalue weighted by Gasteiger charge is -2.23. The van der Waals surface area contributed by atoms with Gasteiger partial charge in [-0.2, -0.15) is 0 Å². The van der Waals surface area contributed by atoms with Gasteiger partial charge in [0.1, 0.15) is 0 Å². The van der Waals surface area contributed by atoms with Gasteiger partial charge in [-0.3, -0.25) is 0 Å². The number of carbonyl (C=O) groups is 1. The van der Waals surface area contributed by atoms with E-state index in [-0.39, 0.29) is 11.5 Å². The summed E-state index contributed by atoms with van der Waals surface area (Å²) in [4.78, 5) is 10.7. The number of aliphatic carboxylic acids is 1. The Morgan fingerprint density at radius 2 is 1.86 bits per heavy atom. The molecule has 1 aliphatic rings. The molecule has 0 saturated heterocycles. The second-order valence-electron chi connectivity index (χ2n) is 3.63. The molecular formula is C11H16O3. The van der Waals surface area contributed by atoms with Gasteiger partial charge in [0.25, 0.3) is 0 Å². The van der Waals surface area contributed by atoms with Gasteiger partial charge in [-0.15, -0.1) is 0 Å². The first-order chi connectivity index (χ1) is 6.63. The lowest BCUT2D eigenvalue weighted by Crippen LogP contribution is -2.26. The molecule has 0 bridgehead atoms. The molecule has 3 nitrogen and oxygen atoms in total. The Morgan fingerprint density at radius 1 is 1.29 bits per heavy atom. The van der Waals surface area contributed by atoms with Crippen LogP contribution in [0, 0.1) is 5.92 Å². The van der Waals surface area contributed by atoms with E-state index in [0.717, 1.165) is 12.8 Å². The normalized spacial score (nSPS) is 30.1. The lowest BCUT2D eigenvalue weighted by atomic mass is 9.86. The van der Waals surface area contributed by atoms with Crippen LogP contribution in [0.3, 0.4) is 0 Å². The van der Waals surface area contributed by atoms with Gasteiger partial charge in [0.2, 0.25) is 0 Å². The highest BCUT2D eigenvalue weighted by Gasteiger charge is 2.25. The Hall–Kier alpha value is -1.09. The summed E-state index contributed by atoms with van der Waals surface area (Å²) in [6, 6.07) is 0. The van der Waals surface area contributed by atoms with E-state index in [2.05, 4.69) is 6.58 Å². The van der Waals surface area contributed by atoms with Gasteiger partial charge in [-0.1, -0.05) is 18.7 Å². The van der Waals surface area contributed by atoms with Crippen molar-refractivity contribution >= 4 is 5.97 Å². The van der Waals surface area contributed by atoms with Crippen molar-refractivity contribution in [3.05, 3.63) is 24.3 Å². The topological polar surface area (TPSA) is 57.5 Å². The Bertz CT molecular complexity index is 255. The molecule has 1 aliphatic carbocycles. The highest BCUT2D eigenvalue weighted by Crippen LogP contribution is 2.25. The Kier molecular flexibility index (Phi) is 3.89. The van der Waals surface area contributed by atoms with Crippen molar-refractivity contribution in [3.8, 4) is 0 Å². The smallest absolute Gasteiger partial charge is 0.331 e. The maximum absolute atomic E-state index is 10.7. The van der Waals surface area contributed by atoms with E-state index in [1.54, 1.807) is 0 Å². The van der Waals surface area contributed by atoms with Crippen LogP contribution in [0.2, 0.25) is 0 Å². The summed E-state index contributed by atoms with van der Waals surface area (Å²) >= 11 is 0. The maximum atomic E-state index is 10.7. The van der Waals surface area contributed by atoms with E-state index in [4.69, 9.17) is 5.11 Å². The molecule has 14 heavy (non-hydrogen) atoms. The molecule has 0 aromatic heterocycles. The van der Waals surface area contributed by atoms with Crippen molar-refractivity contribution in [2.45, 2.75) is 31.8 Å². The summed E-state index contributed by atoms with van der Waals surface area (Å²) in [7, 11) is 0. The van der Waals surface area contributed by atoms with Gasteiger partial charge in [-0.05, 0) is 25.7 Å². The van der Waals surface area contributed by atoms with Crippen molar-refractivity contribution in [1.82, 2.24) is 0 Å². The molecule has 0 fully saturated rings. The second kappa shape index (κ2) is 4.96. The number of carboxylic acid groups (broad SMARTS) is 1. The van der Waals surface area contributed by atoms with Crippen LogP contribution >= 0.6 is 0 Å². The van der Waals surface area contributed by atoms with Gasteiger partial charge < -0.3 is 10.2 Å². The van der Waals surface area contributed by atoms with Crippen LogP contribution in [0.25, 0.3) is 0 Å². The summed E-state index contributed by atoms with van der Waals surface area (Å²) in [5, 5.41) is 18.5. The van der Waals surface area contributed by atoms with Crippen LogP contribution in [-0.2, 0) is 4.79 Å². The zero-order chi connectivity index (χ0) is 10.6. The van der Waals surface area contributed by atoms with Crippen molar-refractivity contribution in [3.63, 3.8) is 0 Å². The highest BCUT2D eigenvalue weighted by molar-refractivity contribution is 5.86. The van der Waals surface area contributed by atoms with Crippen LogP contribution in [0.15, 0.2) is 24.3 Å². The summed E-state index contributed by atoms with van der Waals surface area (Å²) in [6.07, 6.45) is 6.41. The standard InChI is InChI=1S/C11H16O3/c1-8(11(13)14)9-6-4-2-3-5-7-10(9)12/h2-3,9-10,12H,1,4-7H2,(H,13,14)/b3-2-. The van der Waals surface area contributed by atoms with E-state index in [1.807, 2.05) is 12.2 Å². The second-order valence-corrected chi connectivity index (χ2v) is 3.63. The van der Waals surface area contributed by atoms with Crippen LogP contribution in [0.1, 0.15) is 25.7 Å². The average molecular weight is 196 g/mol. The molecular weight excluding hydrogens is 180 g/mol. The molecule has 0 aromatic rings. The monoisotopic (exact) mass is 196 g/mol. The molecule has 0 aliphatic heterocycles. The first-order valence-electron chi connectivity index (χ1n) is 4.88. The highest BCUT2D eigenvalue weighted by atomic mass is 16.4. The van der Waals surface area contributed by atoms with Crippen molar-refractivity contribution in [2.75, 3.05) is 0 Å². The van der Waals surface area contributed by atoms with E-state index >= 15 is 0 Å². The van der Waals surface area contributed by atoms with Crippen LogP contribution < -0.4 is 0 Å². The van der Waals surface area contributed by atoms with Crippen molar-refractivity contribution in [2.24, 2.45) is 5.92 Å². The molecule has 0 aromatic carbocycles. The Labute approximate surface area is 83.8 Å². The number of carboxylic acids is 1. The zero-order valence-corrected chi connectivity index (χ0v) is 8.15. The number of hydrogen-bond donors (Lipinski definition) is 2. The number of hydrogen-bond acceptors (Lipinski definition) is 2. The molecule has 1 rings (SSSR count). The minimum Gasteiger partial charge on any atom is -0.478 e. The third kappa shape index (κ3) is 2.70. The van der Waals surface area contributed by atoms with E-state index in [0.29, 0.717) is 12.8 Å². The third-order valence-electron chi connectivity index (χ3n) is 2.63. The largest absolute Gasteiger partial charge is 0.478 e. The zero-order valence-electron chi connectivity index (χ0n) is 8.15. The van der Waals surface area contributed by atoms with E-state index in [1.165, 1.54) is 0 Å². The molecule has 0 radical (unpaired) electrons. The average Bonchev–Trinajstić information content (AvgIpc) is 2.11. The fourth-order valence-corrected chi connectivity index (χ4v) is 1.74. The van der Waals surface area contributed by atoms with Gasteiger partial charge in [0.15, 0.2) is 0 Å². The summed E-state index contributed by atoms with van der Waals surface area (Å²) in [5.41, 5.74) is 0.132. The minimum absolute atomic E-state index is 0.132. The molecule has 0 spiro atoms. The minimum atomic E-state index is -1.00. The SMILES string of the molecule is C=C(C(=O)O)C1CC/C=C\CCC1O. The summed E-state index contributed by atoms with van der Waals surface area (Å²) in [6.45, 7) is 3.52. The molecule has 2 atom stereocenters. The molecule has 0 saturated carbocycles. The molecule has 2 N–H and O–H groups in total. The van der Waals surface area contributed by atoms with E-state index < -0.39 is 12.1 Å². The number of aliphatic hydroxyl groups excluding tert-OH is 1. The molecule has 0 heterocycles. The molecule has 2 unspecified atom stereocenters. The molecule has 0 amide bonds. The fraction of sp³-hybridized carbons (Fsp3) is 0.545. The molecule has 78 valence electrons. The Morgan fingerprint density at radius 3 is 2.43 bits per heavy atom. The number of allylic oxidation sites excluding steroid dienone is 2. The van der Waals surface area contributed by atoms with Gasteiger partial charge in [0, 0.05) is 11.5 Å². The first-order valence-corrected chi connectivity index (χ1v) is 4.88. The van der Waals surface area contributed by atoms with Crippen LogP contribution in [-0.4, -0.2) is 22.3 Å². The summed E-state index contributed by atoms with van der Waals surface area (Å²) < 4.78 is 0. The van der Waals surface area contributed by atoms with Crippen molar-refractivity contribution < 1.29 is 15.0 Å². The predicted molar refractivity (Wildman–Crippen MR) is 53.9 cm³/mol. The number of aliphatic hydroxyl groups is 1. The first kappa shape index (κ1) is 11.0. The predicted octanol–water partition coefficient (Wildman–Crippen LogP) is 1.73. The quantitative estimate of drug-likeness (QED) is 0.522. The Balaban J connectivity index is 2.69. The van der Waals surface area contributed by atoms with Gasteiger partial charge >= 0.3 is 5.97 Å². The third-order valence-corrected chi connectivity index (χ3v) is 2.63. The van der Waals surface area contributed by atoms with Crippen LogP contribution in [0.5, 0.6) is 0 Å². The van der Waals surface area contributed by atoms with Gasteiger partial charge in [0.05, 0.1) is 6.10 Å². The number of rotatable bonds is 2.